The molecule has 1 aromatic carbocycles. The van der Waals surface area contributed by atoms with Crippen LogP contribution in [0.1, 0.15) is 43.6 Å². The number of carbonyl (C=O) groups is 3. The smallest absolute Gasteiger partial charge is 0.405 e. The third-order valence-corrected chi connectivity index (χ3v) is 8.15. The summed E-state index contributed by atoms with van der Waals surface area (Å²) in [5.74, 6) is -0.619. The highest BCUT2D eigenvalue weighted by molar-refractivity contribution is 9.10. The molecule has 2 heterocycles. The maximum absolute atomic E-state index is 13.6. The molecule has 0 saturated carbocycles. The van der Waals surface area contributed by atoms with Gasteiger partial charge in [0.2, 0.25) is 5.91 Å². The summed E-state index contributed by atoms with van der Waals surface area (Å²) in [5.41, 5.74) is 3.91. The van der Waals surface area contributed by atoms with Crippen molar-refractivity contribution < 1.29 is 19.5 Å². The molecule has 3 atom stereocenters. The summed E-state index contributed by atoms with van der Waals surface area (Å²) in [6, 6.07) is 5.09. The largest absolute Gasteiger partial charge is 0.465 e. The van der Waals surface area contributed by atoms with E-state index in [9.17, 15) is 19.5 Å². The first-order chi connectivity index (χ1) is 16.6. The fraction of sp³-hybridized carbons (Fsp3) is 0.500. The lowest BCUT2D eigenvalue weighted by molar-refractivity contribution is -0.134. The molecule has 4 rings (SSSR count). The molecule has 2 N–H and O–H groups in total. The summed E-state index contributed by atoms with van der Waals surface area (Å²) in [7, 11) is 2.05. The Balaban J connectivity index is 1.85. The van der Waals surface area contributed by atoms with Crippen LogP contribution in [0.3, 0.4) is 0 Å². The van der Waals surface area contributed by atoms with Gasteiger partial charge in [0.1, 0.15) is 6.04 Å². The second kappa shape index (κ2) is 9.78. The molecule has 8 nitrogen and oxygen atoms in total. The number of fused-ring (bicyclic) bond motifs is 2. The minimum Gasteiger partial charge on any atom is -0.465 e. The van der Waals surface area contributed by atoms with E-state index in [1.807, 2.05) is 51.8 Å². The van der Waals surface area contributed by atoms with Crippen LogP contribution in [0.4, 0.5) is 4.79 Å². The monoisotopic (exact) mass is 544 g/mol. The Morgan fingerprint density at radius 1 is 1.23 bits per heavy atom. The molecule has 1 aliphatic heterocycles. The summed E-state index contributed by atoms with van der Waals surface area (Å²) in [5, 5.41) is 12.7. The Morgan fingerprint density at radius 2 is 1.91 bits per heavy atom. The molecule has 2 aromatic rings. The number of hydrogen-bond acceptors (Lipinski definition) is 4. The number of carbonyl (C=O) groups excluding carboxylic acids is 2. The van der Waals surface area contributed by atoms with Crippen LogP contribution in [0, 0.1) is 11.8 Å². The Bertz CT molecular complexity index is 1210. The van der Waals surface area contributed by atoms with Gasteiger partial charge in [-0.25, -0.2) is 4.79 Å². The average molecular weight is 545 g/mol. The summed E-state index contributed by atoms with van der Waals surface area (Å²) in [6.45, 7) is 9.65. The number of halogens is 1. The molecule has 0 saturated heterocycles. The Labute approximate surface area is 214 Å². The molecule has 2 aliphatic rings. The average Bonchev–Trinajstić information content (AvgIpc) is 3.10. The van der Waals surface area contributed by atoms with Gasteiger partial charge in [-0.05, 0) is 71.9 Å². The minimum absolute atomic E-state index is 0.0918. The number of aromatic nitrogens is 1. The number of hydrogen-bond donors (Lipinski definition) is 2. The third kappa shape index (κ3) is 4.29. The lowest BCUT2D eigenvalue weighted by Crippen LogP contribution is -2.47. The van der Waals surface area contributed by atoms with E-state index >= 15 is 0 Å². The first-order valence-corrected chi connectivity index (χ1v) is 13.0. The zero-order chi connectivity index (χ0) is 25.6. The van der Waals surface area contributed by atoms with Crippen LogP contribution in [-0.2, 0) is 11.2 Å². The van der Waals surface area contributed by atoms with E-state index in [2.05, 4.69) is 38.3 Å². The number of rotatable bonds is 6. The van der Waals surface area contributed by atoms with E-state index in [0.717, 1.165) is 27.6 Å². The summed E-state index contributed by atoms with van der Waals surface area (Å²) in [4.78, 5) is 42.3. The van der Waals surface area contributed by atoms with Gasteiger partial charge >= 0.3 is 6.09 Å². The van der Waals surface area contributed by atoms with Gasteiger partial charge in [-0.2, -0.15) is 0 Å². The summed E-state index contributed by atoms with van der Waals surface area (Å²) < 4.78 is 2.27. The molecule has 35 heavy (non-hydrogen) atoms. The first kappa shape index (κ1) is 25.4. The van der Waals surface area contributed by atoms with Gasteiger partial charge in [0.15, 0.2) is 0 Å². The number of benzene rings is 1. The molecule has 9 heteroatoms. The number of nitrogens with zero attached hydrogens (tertiary/aromatic N) is 3. The van der Waals surface area contributed by atoms with Crippen molar-refractivity contribution in [1.29, 1.82) is 0 Å². The highest BCUT2D eigenvalue weighted by Gasteiger charge is 2.39. The topological polar surface area (TPSA) is 94.9 Å². The lowest BCUT2D eigenvalue weighted by atomic mass is 9.79. The molecule has 1 aromatic heterocycles. The zero-order valence-electron chi connectivity index (χ0n) is 20.8. The second-order valence-corrected chi connectivity index (χ2v) is 10.5. The van der Waals surface area contributed by atoms with Crippen LogP contribution in [0.2, 0.25) is 0 Å². The fourth-order valence-electron chi connectivity index (χ4n) is 5.52. The van der Waals surface area contributed by atoms with Crippen molar-refractivity contribution in [3.8, 4) is 0 Å². The van der Waals surface area contributed by atoms with Crippen molar-refractivity contribution in [2.24, 2.45) is 11.8 Å². The Morgan fingerprint density at radius 3 is 2.51 bits per heavy atom. The van der Waals surface area contributed by atoms with Crippen molar-refractivity contribution >= 4 is 50.3 Å². The minimum atomic E-state index is -1.23. The van der Waals surface area contributed by atoms with E-state index in [1.165, 1.54) is 0 Å². The quantitative estimate of drug-likeness (QED) is 0.571. The maximum atomic E-state index is 13.6. The number of amides is 2. The molecule has 0 bridgehead atoms. The van der Waals surface area contributed by atoms with Crippen molar-refractivity contribution in [2.75, 3.05) is 26.7 Å². The van der Waals surface area contributed by atoms with E-state index < -0.39 is 12.1 Å². The third-order valence-electron chi connectivity index (χ3n) is 7.32. The van der Waals surface area contributed by atoms with Crippen molar-refractivity contribution in [3.63, 3.8) is 0 Å². The highest BCUT2D eigenvalue weighted by Crippen LogP contribution is 2.45. The molecule has 0 radical (unpaired) electrons. The summed E-state index contributed by atoms with van der Waals surface area (Å²) in [6.07, 6.45) is 1.59. The molecule has 1 aliphatic carbocycles. The van der Waals surface area contributed by atoms with Crippen LogP contribution in [0.5, 0.6) is 0 Å². The molecular weight excluding hydrogens is 512 g/mol. The molecule has 188 valence electrons. The molecular formula is C26H33BrN4O4. The van der Waals surface area contributed by atoms with Gasteiger partial charge in [-0.3, -0.25) is 19.1 Å². The second-order valence-electron chi connectivity index (χ2n) is 9.71. The van der Waals surface area contributed by atoms with E-state index in [0.29, 0.717) is 30.7 Å². The van der Waals surface area contributed by atoms with Crippen LogP contribution in [0.15, 0.2) is 28.9 Å². The van der Waals surface area contributed by atoms with Crippen molar-refractivity contribution in [3.05, 3.63) is 40.0 Å². The van der Waals surface area contributed by atoms with Gasteiger partial charge in [-0.15, -0.1) is 0 Å². The van der Waals surface area contributed by atoms with Crippen molar-refractivity contribution in [2.45, 2.75) is 46.2 Å². The standard InChI is InChI=1S/C26H33BrN4O4/c1-6-30(7-2)24(32)15-11-17-16-9-8-10-19-21(16)18(12-20(17)29(5)13-15)23(27)31(19)25(33)22(14(3)4)28-26(34)35/h8-11,14-15,20,22,28H,6-7,12-13H2,1-5H3,(H,34,35)/t15-,20-,22?/m1/s1. The van der Waals surface area contributed by atoms with E-state index in [4.69, 9.17) is 0 Å². The van der Waals surface area contributed by atoms with Crippen molar-refractivity contribution in [1.82, 2.24) is 19.7 Å². The normalized spacial score (nSPS) is 20.4. The van der Waals surface area contributed by atoms with Crippen LogP contribution in [-0.4, -0.2) is 76.1 Å². The lowest BCUT2D eigenvalue weighted by Gasteiger charge is -2.40. The first-order valence-electron chi connectivity index (χ1n) is 12.2. The molecule has 2 amide bonds. The predicted octanol–water partition coefficient (Wildman–Crippen LogP) is 4.07. The maximum Gasteiger partial charge on any atom is 0.405 e. The van der Waals surface area contributed by atoms with E-state index in [1.54, 1.807) is 4.57 Å². The Kier molecular flexibility index (Phi) is 7.11. The van der Waals surface area contributed by atoms with Gasteiger partial charge in [0.25, 0.3) is 5.91 Å². The van der Waals surface area contributed by atoms with Gasteiger partial charge in [0.05, 0.1) is 16.0 Å². The number of carboxylic acid groups (broad SMARTS) is 1. The molecule has 0 fully saturated rings. The predicted molar refractivity (Wildman–Crippen MR) is 140 cm³/mol. The van der Waals surface area contributed by atoms with Crippen LogP contribution in [0.25, 0.3) is 16.5 Å². The number of nitrogens with one attached hydrogen (secondary N) is 1. The van der Waals surface area contributed by atoms with Crippen LogP contribution >= 0.6 is 15.9 Å². The zero-order valence-corrected chi connectivity index (χ0v) is 22.4. The van der Waals surface area contributed by atoms with E-state index in [-0.39, 0.29) is 29.7 Å². The Hall–Kier alpha value is -2.65. The van der Waals surface area contributed by atoms with Gasteiger partial charge in [-0.1, -0.05) is 32.1 Å². The van der Waals surface area contributed by atoms with Gasteiger partial charge in [0, 0.05) is 31.1 Å². The fourth-order valence-corrected chi connectivity index (χ4v) is 6.24. The summed E-state index contributed by atoms with van der Waals surface area (Å²) >= 11 is 3.68. The van der Waals surface area contributed by atoms with Crippen LogP contribution < -0.4 is 5.32 Å². The highest BCUT2D eigenvalue weighted by atomic mass is 79.9. The number of likely N-dealkylation sites (N-methyl/N-ethyl adjacent to an activating group) is 1. The molecule has 1 unspecified atom stereocenters. The SMILES string of the molecule is CCN(CC)C(=O)[C@@H]1C=C2c3cccc4c3c(c(Br)n4C(=O)C(NC(=O)O)C(C)C)C[C@H]2N(C)C1. The molecule has 0 spiro atoms. The van der Waals surface area contributed by atoms with Gasteiger partial charge < -0.3 is 15.3 Å².